The molecule has 0 spiro atoms. The highest BCUT2D eigenvalue weighted by molar-refractivity contribution is 5.94. The number of esters is 1. The van der Waals surface area contributed by atoms with E-state index in [1.54, 1.807) is 0 Å². The maximum absolute atomic E-state index is 12.7. The van der Waals surface area contributed by atoms with Crippen LogP contribution in [0.1, 0.15) is 51.5 Å². The van der Waals surface area contributed by atoms with Crippen LogP contribution in [0.15, 0.2) is 24.3 Å². The molecule has 138 valence electrons. The number of likely N-dealkylation sites (tertiary alicyclic amines) is 1. The van der Waals surface area contributed by atoms with Crippen LogP contribution in [0.4, 0.5) is 5.69 Å². The van der Waals surface area contributed by atoms with Crippen LogP contribution in [-0.4, -0.2) is 38.1 Å². The lowest BCUT2D eigenvalue weighted by Crippen LogP contribution is -3.17. The summed E-state index contributed by atoms with van der Waals surface area (Å²) in [5.74, 6) is 0.311. The van der Waals surface area contributed by atoms with Gasteiger partial charge >= 0.3 is 5.97 Å². The molecule has 0 aliphatic carbocycles. The van der Waals surface area contributed by atoms with Crippen molar-refractivity contribution in [1.29, 1.82) is 0 Å². The van der Waals surface area contributed by atoms with Crippen molar-refractivity contribution in [3.8, 4) is 0 Å². The van der Waals surface area contributed by atoms with Crippen molar-refractivity contribution in [3.05, 3.63) is 29.8 Å². The predicted octanol–water partition coefficient (Wildman–Crippen LogP) is 1.99. The van der Waals surface area contributed by atoms with Crippen molar-refractivity contribution in [2.75, 3.05) is 25.5 Å². The SMILES string of the molecule is CC[C@@H](C)c1ccccc1NC(=O)[C@H](C)[NH+]1CCC(C(=O)OC)CC1. The zero-order valence-electron chi connectivity index (χ0n) is 15.8. The van der Waals surface area contributed by atoms with Gasteiger partial charge in [-0.05, 0) is 30.9 Å². The molecule has 1 aliphatic heterocycles. The lowest BCUT2D eigenvalue weighted by Gasteiger charge is -2.31. The quantitative estimate of drug-likeness (QED) is 0.774. The number of ether oxygens (including phenoxy) is 1. The zero-order valence-corrected chi connectivity index (χ0v) is 15.8. The fourth-order valence-corrected chi connectivity index (χ4v) is 3.51. The van der Waals surface area contributed by atoms with Crippen LogP contribution in [-0.2, 0) is 14.3 Å². The van der Waals surface area contributed by atoms with Crippen LogP contribution in [0.25, 0.3) is 0 Å². The molecule has 1 aromatic rings. The summed E-state index contributed by atoms with van der Waals surface area (Å²) in [5, 5.41) is 3.12. The normalized spacial score (nSPS) is 22.7. The lowest BCUT2D eigenvalue weighted by atomic mass is 9.95. The molecule has 5 heteroatoms. The van der Waals surface area contributed by atoms with Gasteiger partial charge in [0, 0.05) is 18.5 Å². The summed E-state index contributed by atoms with van der Waals surface area (Å²) < 4.78 is 4.83. The molecule has 0 saturated carbocycles. The maximum atomic E-state index is 12.7. The van der Waals surface area contributed by atoms with Crippen molar-refractivity contribution < 1.29 is 19.2 Å². The monoisotopic (exact) mass is 347 g/mol. The number of hydrogen-bond acceptors (Lipinski definition) is 3. The topological polar surface area (TPSA) is 59.8 Å². The molecule has 2 rings (SSSR count). The summed E-state index contributed by atoms with van der Waals surface area (Å²) >= 11 is 0. The largest absolute Gasteiger partial charge is 0.469 e. The Balaban J connectivity index is 1.97. The Kier molecular flexibility index (Phi) is 7.00. The number of rotatable bonds is 6. The highest BCUT2D eigenvalue weighted by Crippen LogP contribution is 2.26. The van der Waals surface area contributed by atoms with E-state index in [0.717, 1.165) is 38.0 Å². The van der Waals surface area contributed by atoms with E-state index in [1.165, 1.54) is 17.6 Å². The van der Waals surface area contributed by atoms with Crippen LogP contribution in [0.3, 0.4) is 0 Å². The number of amides is 1. The minimum absolute atomic E-state index is 0.0184. The summed E-state index contributed by atoms with van der Waals surface area (Å²) in [6.45, 7) is 7.94. The minimum Gasteiger partial charge on any atom is -0.469 e. The first kappa shape index (κ1) is 19.4. The predicted molar refractivity (Wildman–Crippen MR) is 98.7 cm³/mol. The Bertz CT molecular complexity index is 594. The molecular weight excluding hydrogens is 316 g/mol. The fourth-order valence-electron chi connectivity index (χ4n) is 3.51. The molecule has 1 fully saturated rings. The van der Waals surface area contributed by atoms with E-state index in [1.807, 2.05) is 25.1 Å². The van der Waals surface area contributed by atoms with Crippen molar-refractivity contribution >= 4 is 17.6 Å². The highest BCUT2D eigenvalue weighted by Gasteiger charge is 2.33. The van der Waals surface area contributed by atoms with Crippen LogP contribution < -0.4 is 10.2 Å². The third-order valence-electron chi connectivity index (χ3n) is 5.53. The van der Waals surface area contributed by atoms with Crippen molar-refractivity contribution in [3.63, 3.8) is 0 Å². The van der Waals surface area contributed by atoms with Gasteiger partial charge in [-0.3, -0.25) is 9.59 Å². The van der Waals surface area contributed by atoms with E-state index in [0.29, 0.717) is 5.92 Å². The van der Waals surface area contributed by atoms with E-state index >= 15 is 0 Å². The van der Waals surface area contributed by atoms with Crippen LogP contribution in [0.2, 0.25) is 0 Å². The van der Waals surface area contributed by atoms with Gasteiger partial charge in [-0.25, -0.2) is 0 Å². The molecule has 0 aromatic heterocycles. The summed E-state index contributed by atoms with van der Waals surface area (Å²) in [6, 6.07) is 7.90. The molecule has 2 atom stereocenters. The van der Waals surface area contributed by atoms with Gasteiger partial charge in [-0.1, -0.05) is 32.0 Å². The second kappa shape index (κ2) is 8.99. The van der Waals surface area contributed by atoms with E-state index < -0.39 is 0 Å². The molecule has 0 unspecified atom stereocenters. The molecular formula is C20H31N2O3+. The summed E-state index contributed by atoms with van der Waals surface area (Å²) in [6.07, 6.45) is 2.60. The number of para-hydroxylation sites is 1. The average molecular weight is 347 g/mol. The summed E-state index contributed by atoms with van der Waals surface area (Å²) in [7, 11) is 1.44. The third kappa shape index (κ3) is 4.82. The number of hydrogen-bond donors (Lipinski definition) is 2. The van der Waals surface area contributed by atoms with Crippen molar-refractivity contribution in [1.82, 2.24) is 0 Å². The molecule has 1 aromatic carbocycles. The Morgan fingerprint density at radius 3 is 2.48 bits per heavy atom. The zero-order chi connectivity index (χ0) is 18.4. The standard InChI is InChI=1S/C20H30N2O3/c1-5-14(2)17-8-6-7-9-18(17)21-19(23)15(3)22-12-10-16(11-13-22)20(24)25-4/h6-9,14-16H,5,10-13H2,1-4H3,(H,21,23)/p+1/t14-,15+/m1/s1. The van der Waals surface area contributed by atoms with Gasteiger partial charge in [0.25, 0.3) is 5.91 Å². The molecule has 1 heterocycles. The molecule has 2 N–H and O–H groups in total. The van der Waals surface area contributed by atoms with Gasteiger partial charge in [0.2, 0.25) is 0 Å². The molecule has 5 nitrogen and oxygen atoms in total. The van der Waals surface area contributed by atoms with Crippen LogP contribution in [0, 0.1) is 5.92 Å². The third-order valence-corrected chi connectivity index (χ3v) is 5.53. The minimum atomic E-state index is -0.136. The van der Waals surface area contributed by atoms with Crippen molar-refractivity contribution in [2.24, 2.45) is 5.92 Å². The van der Waals surface area contributed by atoms with Gasteiger partial charge in [-0.15, -0.1) is 0 Å². The number of nitrogens with one attached hydrogen (secondary N) is 2. The molecule has 0 bridgehead atoms. The maximum Gasteiger partial charge on any atom is 0.309 e. The Hall–Kier alpha value is -1.88. The number of benzene rings is 1. The molecule has 25 heavy (non-hydrogen) atoms. The van der Waals surface area contributed by atoms with E-state index in [4.69, 9.17) is 4.74 Å². The van der Waals surface area contributed by atoms with Gasteiger partial charge in [0.05, 0.1) is 26.1 Å². The number of carbonyl (C=O) groups is 2. The average Bonchev–Trinajstić information content (AvgIpc) is 2.66. The summed E-state index contributed by atoms with van der Waals surface area (Å²) in [5.41, 5.74) is 2.10. The molecule has 0 radical (unpaired) electrons. The number of methoxy groups -OCH3 is 1. The molecule has 1 saturated heterocycles. The number of quaternary nitrogens is 1. The highest BCUT2D eigenvalue weighted by atomic mass is 16.5. The van der Waals surface area contributed by atoms with E-state index in [-0.39, 0.29) is 23.8 Å². The van der Waals surface area contributed by atoms with Crippen molar-refractivity contribution in [2.45, 2.75) is 52.0 Å². The van der Waals surface area contributed by atoms with E-state index in [9.17, 15) is 9.59 Å². The smallest absolute Gasteiger partial charge is 0.309 e. The Labute approximate surface area is 150 Å². The first-order chi connectivity index (χ1) is 12.0. The molecule has 1 aliphatic rings. The van der Waals surface area contributed by atoms with Crippen LogP contribution >= 0.6 is 0 Å². The number of carbonyl (C=O) groups excluding carboxylic acids is 2. The van der Waals surface area contributed by atoms with Gasteiger partial charge < -0.3 is 15.0 Å². The second-order valence-electron chi connectivity index (χ2n) is 7.06. The lowest BCUT2D eigenvalue weighted by molar-refractivity contribution is -0.919. The van der Waals surface area contributed by atoms with E-state index in [2.05, 4.69) is 25.2 Å². The Morgan fingerprint density at radius 1 is 1.24 bits per heavy atom. The first-order valence-electron chi connectivity index (χ1n) is 9.30. The number of anilines is 1. The Morgan fingerprint density at radius 2 is 1.88 bits per heavy atom. The number of piperidine rings is 1. The van der Waals surface area contributed by atoms with Gasteiger partial charge in [-0.2, -0.15) is 0 Å². The molecule has 1 amide bonds. The van der Waals surface area contributed by atoms with Crippen LogP contribution in [0.5, 0.6) is 0 Å². The van der Waals surface area contributed by atoms with Gasteiger partial charge in [0.1, 0.15) is 0 Å². The summed E-state index contributed by atoms with van der Waals surface area (Å²) in [4.78, 5) is 25.6. The van der Waals surface area contributed by atoms with Gasteiger partial charge in [0.15, 0.2) is 6.04 Å². The fraction of sp³-hybridized carbons (Fsp3) is 0.600. The second-order valence-corrected chi connectivity index (χ2v) is 7.06. The first-order valence-corrected chi connectivity index (χ1v) is 9.30.